The molecule has 0 saturated carbocycles. The Kier molecular flexibility index (Phi) is 4.86. The van der Waals surface area contributed by atoms with E-state index in [-0.39, 0.29) is 18.6 Å². The minimum Gasteiger partial charge on any atom is -0.375 e. The summed E-state index contributed by atoms with van der Waals surface area (Å²) in [4.78, 5) is 16.4. The summed E-state index contributed by atoms with van der Waals surface area (Å²) in [6.07, 6.45) is 2.39. The molecule has 0 fully saturated rings. The van der Waals surface area contributed by atoms with Crippen molar-refractivity contribution in [3.63, 3.8) is 0 Å². The smallest absolute Gasteiger partial charge is 0.246 e. The molecule has 3 aromatic rings. The third kappa shape index (κ3) is 3.44. The first-order valence-corrected chi connectivity index (χ1v) is 7.79. The van der Waals surface area contributed by atoms with Crippen LogP contribution in [0.15, 0.2) is 48.7 Å². The van der Waals surface area contributed by atoms with Crippen LogP contribution in [0.5, 0.6) is 0 Å². The number of hydrogen-bond acceptors (Lipinski definition) is 4. The molecule has 0 radical (unpaired) electrons. The largest absolute Gasteiger partial charge is 0.375 e. The lowest BCUT2D eigenvalue weighted by atomic mass is 10.0. The number of carbonyl (C=O) groups is 1. The van der Waals surface area contributed by atoms with Crippen molar-refractivity contribution in [2.24, 2.45) is 7.05 Å². The van der Waals surface area contributed by atoms with E-state index in [2.05, 4.69) is 15.4 Å². The van der Waals surface area contributed by atoms with E-state index in [0.29, 0.717) is 6.42 Å². The molecule has 0 aliphatic carbocycles. The van der Waals surface area contributed by atoms with Crippen molar-refractivity contribution < 1.29 is 9.53 Å². The zero-order valence-electron chi connectivity index (χ0n) is 13.8. The second kappa shape index (κ2) is 7.23. The molecule has 1 N–H and O–H groups in total. The average molecular weight is 324 g/mol. The van der Waals surface area contributed by atoms with Crippen molar-refractivity contribution in [2.75, 3.05) is 13.7 Å². The predicted molar refractivity (Wildman–Crippen MR) is 91.4 cm³/mol. The number of aryl methyl sites for hydroxylation is 1. The molecule has 0 aliphatic heterocycles. The van der Waals surface area contributed by atoms with E-state index in [1.54, 1.807) is 10.9 Å². The Morgan fingerprint density at radius 2 is 2.04 bits per heavy atom. The van der Waals surface area contributed by atoms with Gasteiger partial charge in [-0.2, -0.15) is 5.10 Å². The lowest BCUT2D eigenvalue weighted by Crippen LogP contribution is -2.33. The van der Waals surface area contributed by atoms with Crippen LogP contribution in [0.25, 0.3) is 11.0 Å². The van der Waals surface area contributed by atoms with Gasteiger partial charge in [0.1, 0.15) is 6.61 Å². The number of carbonyl (C=O) groups excluding carboxylic acids is 1. The Bertz CT molecular complexity index is 829. The molecule has 0 unspecified atom stereocenters. The molecule has 3 rings (SSSR count). The first-order valence-electron chi connectivity index (χ1n) is 7.79. The van der Waals surface area contributed by atoms with Crippen molar-refractivity contribution >= 4 is 16.9 Å². The molecule has 2 heterocycles. The van der Waals surface area contributed by atoms with Gasteiger partial charge in [-0.3, -0.25) is 9.48 Å². The molecule has 1 aromatic carbocycles. The first kappa shape index (κ1) is 16.1. The molecule has 0 bridgehead atoms. The Balaban J connectivity index is 1.97. The van der Waals surface area contributed by atoms with Crippen LogP contribution >= 0.6 is 0 Å². The van der Waals surface area contributed by atoms with Crippen molar-refractivity contribution in [3.05, 3.63) is 59.9 Å². The van der Waals surface area contributed by atoms with E-state index in [9.17, 15) is 4.79 Å². The Morgan fingerprint density at radius 3 is 2.79 bits per heavy atom. The molecule has 0 saturated heterocycles. The number of nitrogens with one attached hydrogen (secondary N) is 1. The normalized spacial score (nSPS) is 12.2. The number of pyridine rings is 1. The number of aromatic nitrogens is 3. The van der Waals surface area contributed by atoms with E-state index >= 15 is 0 Å². The van der Waals surface area contributed by atoms with Gasteiger partial charge in [-0.05, 0) is 24.1 Å². The average Bonchev–Trinajstić information content (AvgIpc) is 2.93. The van der Waals surface area contributed by atoms with Gasteiger partial charge in [0, 0.05) is 25.7 Å². The number of rotatable bonds is 6. The molecule has 1 atom stereocenters. The number of ether oxygens (including phenoxy) is 1. The van der Waals surface area contributed by atoms with Gasteiger partial charge in [-0.1, -0.05) is 30.3 Å². The molecular weight excluding hydrogens is 304 g/mol. The molecule has 1 amide bonds. The van der Waals surface area contributed by atoms with Crippen LogP contribution in [0.2, 0.25) is 0 Å². The van der Waals surface area contributed by atoms with Gasteiger partial charge >= 0.3 is 0 Å². The number of hydrogen-bond donors (Lipinski definition) is 1. The molecular formula is C18H20N4O2. The van der Waals surface area contributed by atoms with Crippen molar-refractivity contribution in [3.8, 4) is 0 Å². The summed E-state index contributed by atoms with van der Waals surface area (Å²) in [7, 11) is 3.36. The van der Waals surface area contributed by atoms with Crippen molar-refractivity contribution in [1.29, 1.82) is 0 Å². The number of amides is 1. The highest BCUT2D eigenvalue weighted by molar-refractivity contribution is 5.81. The third-order valence-corrected chi connectivity index (χ3v) is 3.85. The topological polar surface area (TPSA) is 69.0 Å². The van der Waals surface area contributed by atoms with Crippen LogP contribution < -0.4 is 5.32 Å². The minimum atomic E-state index is -0.247. The van der Waals surface area contributed by atoms with Gasteiger partial charge in [0.15, 0.2) is 5.65 Å². The lowest BCUT2D eigenvalue weighted by molar-refractivity contribution is -0.125. The highest BCUT2D eigenvalue weighted by Gasteiger charge is 2.22. The van der Waals surface area contributed by atoms with Crippen molar-refractivity contribution in [1.82, 2.24) is 20.1 Å². The summed E-state index contributed by atoms with van der Waals surface area (Å²) < 4.78 is 6.67. The number of nitrogens with zero attached hydrogens (tertiary/aromatic N) is 3. The highest BCUT2D eigenvalue weighted by atomic mass is 16.5. The van der Waals surface area contributed by atoms with Crippen LogP contribution in [0.3, 0.4) is 0 Å². The molecule has 6 nitrogen and oxygen atoms in total. The monoisotopic (exact) mass is 324 g/mol. The van der Waals surface area contributed by atoms with E-state index in [1.807, 2.05) is 49.5 Å². The molecule has 0 aliphatic rings. The molecule has 24 heavy (non-hydrogen) atoms. The van der Waals surface area contributed by atoms with Gasteiger partial charge in [0.2, 0.25) is 5.91 Å². The van der Waals surface area contributed by atoms with Crippen LogP contribution in [0.1, 0.15) is 17.3 Å². The molecule has 124 valence electrons. The van der Waals surface area contributed by atoms with Gasteiger partial charge in [0.05, 0.1) is 11.7 Å². The summed E-state index contributed by atoms with van der Waals surface area (Å²) in [5.74, 6) is -0.166. The molecule has 2 aromatic heterocycles. The second-order valence-electron chi connectivity index (χ2n) is 5.63. The maximum Gasteiger partial charge on any atom is 0.246 e. The second-order valence-corrected chi connectivity index (χ2v) is 5.63. The highest BCUT2D eigenvalue weighted by Crippen LogP contribution is 2.24. The van der Waals surface area contributed by atoms with Crippen molar-refractivity contribution in [2.45, 2.75) is 12.5 Å². The molecule has 6 heteroatoms. The van der Waals surface area contributed by atoms with Gasteiger partial charge in [-0.25, -0.2) is 4.98 Å². The van der Waals surface area contributed by atoms with Gasteiger partial charge in [-0.15, -0.1) is 0 Å². The van der Waals surface area contributed by atoms with Crippen LogP contribution in [0, 0.1) is 0 Å². The summed E-state index contributed by atoms with van der Waals surface area (Å²) in [6, 6.07) is 13.6. The number of methoxy groups -OCH3 is 1. The SMILES string of the molecule is COCC(=O)N[C@H](Cc1ccccc1)c1nn(C)c2ncccc12. The molecule has 0 spiro atoms. The minimum absolute atomic E-state index is 0.0221. The third-order valence-electron chi connectivity index (χ3n) is 3.85. The van der Waals surface area contributed by atoms with E-state index < -0.39 is 0 Å². The predicted octanol–water partition coefficient (Wildman–Crippen LogP) is 2.01. The Hall–Kier alpha value is -2.73. The van der Waals surface area contributed by atoms with Gasteiger partial charge in [0.25, 0.3) is 0 Å². The maximum absolute atomic E-state index is 12.1. The Morgan fingerprint density at radius 1 is 1.25 bits per heavy atom. The summed E-state index contributed by atoms with van der Waals surface area (Å²) in [5, 5.41) is 8.56. The van der Waals surface area contributed by atoms with Crippen LogP contribution in [-0.4, -0.2) is 34.4 Å². The fourth-order valence-electron chi connectivity index (χ4n) is 2.81. The zero-order valence-corrected chi connectivity index (χ0v) is 13.8. The number of benzene rings is 1. The van der Waals surface area contributed by atoms with E-state index in [0.717, 1.165) is 22.3 Å². The summed E-state index contributed by atoms with van der Waals surface area (Å²) in [5.41, 5.74) is 2.74. The zero-order chi connectivity index (χ0) is 16.9. The first-order chi connectivity index (χ1) is 11.7. The van der Waals surface area contributed by atoms with E-state index in [1.165, 1.54) is 7.11 Å². The lowest BCUT2D eigenvalue weighted by Gasteiger charge is -2.17. The number of fused-ring (bicyclic) bond motifs is 1. The summed E-state index contributed by atoms with van der Waals surface area (Å²) in [6.45, 7) is 0.0221. The fourth-order valence-corrected chi connectivity index (χ4v) is 2.81. The fraction of sp³-hybridized carbons (Fsp3) is 0.278. The summed E-state index contributed by atoms with van der Waals surface area (Å²) >= 11 is 0. The Labute approximate surface area is 140 Å². The maximum atomic E-state index is 12.1. The van der Waals surface area contributed by atoms with E-state index in [4.69, 9.17) is 4.74 Å². The van der Waals surface area contributed by atoms with Crippen LogP contribution in [0.4, 0.5) is 0 Å². The van der Waals surface area contributed by atoms with Gasteiger partial charge < -0.3 is 10.1 Å². The quantitative estimate of drug-likeness (QED) is 0.753. The standard InChI is InChI=1S/C18H20N4O2/c1-22-18-14(9-6-10-19-18)17(21-22)15(20-16(23)12-24-2)11-13-7-4-3-5-8-13/h3-10,15H,11-12H2,1-2H3,(H,20,23)/t15-/m1/s1. The van der Waals surface area contributed by atoms with Crippen LogP contribution in [-0.2, 0) is 23.0 Å².